The molecule has 0 fully saturated rings. The molecule has 3 heterocycles. The molecule has 6 heteroatoms. The first-order valence-corrected chi connectivity index (χ1v) is 9.91. The number of benzene rings is 2. The second kappa shape index (κ2) is 6.56. The van der Waals surface area contributed by atoms with Crippen molar-refractivity contribution in [3.8, 4) is 22.4 Å². The third kappa shape index (κ3) is 2.81. The summed E-state index contributed by atoms with van der Waals surface area (Å²) >= 11 is 3.56. The zero-order valence-electron chi connectivity index (χ0n) is 15.4. The Labute approximate surface area is 171 Å². The number of nitrogens with zero attached hydrogens (tertiary/aromatic N) is 4. The van der Waals surface area contributed by atoms with Crippen molar-refractivity contribution in [1.82, 2.24) is 15.0 Å². The number of nitrogen functional groups attached to an aromatic ring is 1. The number of hydrogen-bond acceptors (Lipinski definition) is 5. The summed E-state index contributed by atoms with van der Waals surface area (Å²) in [4.78, 5) is 15.7. The van der Waals surface area contributed by atoms with E-state index in [4.69, 9.17) is 10.7 Å². The zero-order valence-corrected chi connectivity index (χ0v) is 16.9. The lowest BCUT2D eigenvalue weighted by atomic mass is 9.99. The van der Waals surface area contributed by atoms with Crippen LogP contribution >= 0.6 is 15.9 Å². The van der Waals surface area contributed by atoms with Gasteiger partial charge in [-0.25, -0.2) is 15.0 Å². The van der Waals surface area contributed by atoms with Crippen LogP contribution in [0.15, 0.2) is 59.3 Å². The normalized spacial score (nSPS) is 13.1. The lowest BCUT2D eigenvalue weighted by Crippen LogP contribution is -2.12. The van der Waals surface area contributed by atoms with Crippen molar-refractivity contribution >= 4 is 38.5 Å². The SMILES string of the molecule is CN1CCc2cc(-c3cc(-c4cccc(Br)c4)c4c(N)ncnc4n3)ccc21. The maximum Gasteiger partial charge on any atom is 0.165 e. The highest BCUT2D eigenvalue weighted by Gasteiger charge is 2.18. The number of fused-ring (bicyclic) bond motifs is 2. The molecule has 0 amide bonds. The average molecular weight is 432 g/mol. The summed E-state index contributed by atoms with van der Waals surface area (Å²) in [6.45, 7) is 1.05. The number of pyridine rings is 1. The van der Waals surface area contributed by atoms with Gasteiger partial charge in [0.25, 0.3) is 0 Å². The van der Waals surface area contributed by atoms with E-state index in [0.717, 1.165) is 45.2 Å². The Kier molecular flexibility index (Phi) is 4.02. The summed E-state index contributed by atoms with van der Waals surface area (Å²) in [5, 5.41) is 0.783. The first kappa shape index (κ1) is 17.1. The van der Waals surface area contributed by atoms with Crippen molar-refractivity contribution in [2.24, 2.45) is 0 Å². The average Bonchev–Trinajstić information content (AvgIpc) is 3.07. The van der Waals surface area contributed by atoms with Crippen LogP contribution in [-0.2, 0) is 6.42 Å². The second-order valence-electron chi connectivity index (χ2n) is 7.04. The van der Waals surface area contributed by atoms with Gasteiger partial charge in [-0.05, 0) is 53.4 Å². The van der Waals surface area contributed by atoms with Crippen molar-refractivity contribution in [3.05, 3.63) is 64.9 Å². The largest absolute Gasteiger partial charge is 0.383 e. The molecule has 0 aliphatic carbocycles. The molecule has 0 saturated heterocycles. The molecule has 1 aliphatic heterocycles. The number of halogens is 1. The smallest absolute Gasteiger partial charge is 0.165 e. The summed E-state index contributed by atoms with van der Waals surface area (Å²) in [5.41, 5.74) is 13.5. The van der Waals surface area contributed by atoms with Gasteiger partial charge in [0.05, 0.1) is 11.1 Å². The van der Waals surface area contributed by atoms with Crippen LogP contribution in [0, 0.1) is 0 Å². The minimum Gasteiger partial charge on any atom is -0.383 e. The van der Waals surface area contributed by atoms with Crippen LogP contribution in [0.1, 0.15) is 5.56 Å². The molecule has 0 unspecified atom stereocenters. The molecular formula is C22H18BrN5. The van der Waals surface area contributed by atoms with E-state index in [2.05, 4.69) is 74.2 Å². The first-order chi connectivity index (χ1) is 13.6. The van der Waals surface area contributed by atoms with Gasteiger partial charge in [-0.2, -0.15) is 0 Å². The Morgan fingerprint density at radius 2 is 1.93 bits per heavy atom. The Bertz CT molecular complexity index is 1220. The molecule has 28 heavy (non-hydrogen) atoms. The summed E-state index contributed by atoms with van der Waals surface area (Å²) < 4.78 is 1.01. The Morgan fingerprint density at radius 3 is 2.79 bits per heavy atom. The minimum absolute atomic E-state index is 0.439. The lowest BCUT2D eigenvalue weighted by molar-refractivity contribution is 0.956. The van der Waals surface area contributed by atoms with Crippen LogP contribution in [0.2, 0.25) is 0 Å². The first-order valence-electron chi connectivity index (χ1n) is 9.12. The number of aromatic nitrogens is 3. The standard InChI is InChI=1S/C22H18BrN5/c1-28-8-7-15-9-14(5-6-19(15)28)18-11-17(13-3-2-4-16(23)10-13)20-21(24)25-12-26-22(20)27-18/h2-6,9-12H,7-8H2,1H3,(H2,24,25,26,27). The maximum absolute atomic E-state index is 6.20. The van der Waals surface area contributed by atoms with Crippen molar-refractivity contribution in [2.75, 3.05) is 24.2 Å². The van der Waals surface area contributed by atoms with Crippen LogP contribution < -0.4 is 10.6 Å². The predicted octanol–water partition coefficient (Wildman–Crippen LogP) is 4.70. The van der Waals surface area contributed by atoms with Gasteiger partial charge in [-0.1, -0.05) is 34.1 Å². The maximum atomic E-state index is 6.20. The Balaban J connectivity index is 1.76. The van der Waals surface area contributed by atoms with Crippen LogP contribution in [0.4, 0.5) is 11.5 Å². The summed E-state index contributed by atoms with van der Waals surface area (Å²) in [5.74, 6) is 0.439. The lowest BCUT2D eigenvalue weighted by Gasteiger charge is -2.14. The molecule has 0 saturated carbocycles. The fourth-order valence-corrected chi connectivity index (χ4v) is 4.24. The minimum atomic E-state index is 0.439. The van der Waals surface area contributed by atoms with Crippen molar-refractivity contribution in [2.45, 2.75) is 6.42 Å². The molecule has 0 radical (unpaired) electrons. The fraction of sp³-hybridized carbons (Fsp3) is 0.136. The number of nitrogens with two attached hydrogens (primary N) is 1. The van der Waals surface area contributed by atoms with Gasteiger partial charge in [0.2, 0.25) is 0 Å². The summed E-state index contributed by atoms with van der Waals surface area (Å²) in [6.07, 6.45) is 2.53. The van der Waals surface area contributed by atoms with E-state index in [0.29, 0.717) is 11.5 Å². The third-order valence-corrected chi connectivity index (χ3v) is 5.77. The molecule has 138 valence electrons. The van der Waals surface area contributed by atoms with Gasteiger partial charge in [-0.15, -0.1) is 0 Å². The molecule has 5 rings (SSSR count). The van der Waals surface area contributed by atoms with E-state index >= 15 is 0 Å². The van der Waals surface area contributed by atoms with Crippen molar-refractivity contribution in [1.29, 1.82) is 0 Å². The number of anilines is 2. The van der Waals surface area contributed by atoms with Crippen LogP contribution in [-0.4, -0.2) is 28.5 Å². The van der Waals surface area contributed by atoms with E-state index in [9.17, 15) is 0 Å². The molecule has 4 aromatic rings. The number of rotatable bonds is 2. The van der Waals surface area contributed by atoms with E-state index < -0.39 is 0 Å². The highest BCUT2D eigenvalue weighted by Crippen LogP contribution is 2.36. The van der Waals surface area contributed by atoms with Crippen molar-refractivity contribution < 1.29 is 0 Å². The molecule has 2 N–H and O–H groups in total. The quantitative estimate of drug-likeness (QED) is 0.498. The highest BCUT2D eigenvalue weighted by molar-refractivity contribution is 9.10. The molecule has 5 nitrogen and oxygen atoms in total. The van der Waals surface area contributed by atoms with Crippen LogP contribution in [0.25, 0.3) is 33.4 Å². The van der Waals surface area contributed by atoms with E-state index in [1.54, 1.807) is 0 Å². The molecule has 0 bridgehead atoms. The summed E-state index contributed by atoms with van der Waals surface area (Å²) in [7, 11) is 2.13. The fourth-order valence-electron chi connectivity index (χ4n) is 3.85. The van der Waals surface area contributed by atoms with Gasteiger partial charge >= 0.3 is 0 Å². The third-order valence-electron chi connectivity index (χ3n) is 5.27. The Morgan fingerprint density at radius 1 is 1.04 bits per heavy atom. The molecule has 2 aromatic heterocycles. The van der Waals surface area contributed by atoms with Crippen LogP contribution in [0.5, 0.6) is 0 Å². The van der Waals surface area contributed by atoms with Crippen molar-refractivity contribution in [3.63, 3.8) is 0 Å². The van der Waals surface area contributed by atoms with Gasteiger partial charge in [-0.3, -0.25) is 0 Å². The second-order valence-corrected chi connectivity index (χ2v) is 7.95. The highest BCUT2D eigenvalue weighted by atomic mass is 79.9. The molecule has 2 aromatic carbocycles. The van der Waals surface area contributed by atoms with Crippen LogP contribution in [0.3, 0.4) is 0 Å². The Hall–Kier alpha value is -2.99. The molecular weight excluding hydrogens is 414 g/mol. The molecule has 0 spiro atoms. The van der Waals surface area contributed by atoms with E-state index in [-0.39, 0.29) is 0 Å². The van der Waals surface area contributed by atoms with Gasteiger partial charge in [0, 0.05) is 29.3 Å². The molecule has 0 atom stereocenters. The van der Waals surface area contributed by atoms with E-state index in [1.165, 1.54) is 17.6 Å². The van der Waals surface area contributed by atoms with Gasteiger partial charge in [0.1, 0.15) is 12.1 Å². The van der Waals surface area contributed by atoms with Gasteiger partial charge in [0.15, 0.2) is 5.65 Å². The van der Waals surface area contributed by atoms with E-state index in [1.807, 2.05) is 12.1 Å². The van der Waals surface area contributed by atoms with Gasteiger partial charge < -0.3 is 10.6 Å². The topological polar surface area (TPSA) is 67.9 Å². The predicted molar refractivity (Wildman–Crippen MR) is 117 cm³/mol. The zero-order chi connectivity index (χ0) is 19.3. The summed E-state index contributed by atoms with van der Waals surface area (Å²) in [6, 6.07) is 16.8. The number of likely N-dealkylation sites (N-methyl/N-ethyl adjacent to an activating group) is 1. The number of hydrogen-bond donors (Lipinski definition) is 1. The monoisotopic (exact) mass is 431 g/mol. The molecule has 1 aliphatic rings.